The molecule has 3 aromatic rings. The Balaban J connectivity index is 1.79. The molecule has 0 aliphatic carbocycles. The van der Waals surface area contributed by atoms with Gasteiger partial charge >= 0.3 is 0 Å². The van der Waals surface area contributed by atoms with Gasteiger partial charge < -0.3 is 4.98 Å². The molecule has 0 saturated heterocycles. The summed E-state index contributed by atoms with van der Waals surface area (Å²) >= 11 is 13.8. The third kappa shape index (κ3) is 5.00. The van der Waals surface area contributed by atoms with E-state index in [2.05, 4.69) is 23.8 Å². The number of aromatic nitrogens is 3. The molecule has 0 aliphatic heterocycles. The molecule has 0 unspecified atom stereocenters. The highest BCUT2D eigenvalue weighted by Crippen LogP contribution is 2.35. The Kier molecular flexibility index (Phi) is 6.05. The van der Waals surface area contributed by atoms with E-state index >= 15 is 0 Å². The van der Waals surface area contributed by atoms with Crippen molar-refractivity contribution in [1.29, 1.82) is 0 Å². The molecule has 1 N–H and O–H groups in total. The molecule has 2 heterocycles. The number of nitrogens with zero attached hydrogens (tertiary/aromatic N) is 2. The molecule has 2 aromatic heterocycles. The minimum absolute atomic E-state index is 0.360. The third-order valence-electron chi connectivity index (χ3n) is 3.77. The molecule has 1 aromatic carbocycles. The highest BCUT2D eigenvalue weighted by molar-refractivity contribution is 7.99. The van der Waals surface area contributed by atoms with Crippen molar-refractivity contribution >= 4 is 35.0 Å². The number of H-pyrrole nitrogens is 1. The lowest BCUT2D eigenvalue weighted by molar-refractivity contribution is 0.799. The summed E-state index contributed by atoms with van der Waals surface area (Å²) in [7, 11) is 0. The second-order valence-corrected chi connectivity index (χ2v) is 8.05. The van der Waals surface area contributed by atoms with Gasteiger partial charge in [-0.1, -0.05) is 48.8 Å². The van der Waals surface area contributed by atoms with Crippen molar-refractivity contribution in [1.82, 2.24) is 15.0 Å². The SMILES string of the molecule is CC(C)c1[nH]c(CCc2ccncc2)nc1Sc1cc(Cl)cc(Cl)c1. The summed E-state index contributed by atoms with van der Waals surface area (Å²) in [6.45, 7) is 4.32. The fraction of sp³-hybridized carbons (Fsp3) is 0.263. The minimum Gasteiger partial charge on any atom is -0.345 e. The zero-order chi connectivity index (χ0) is 17.8. The maximum absolute atomic E-state index is 6.11. The van der Waals surface area contributed by atoms with Gasteiger partial charge in [-0.25, -0.2) is 4.98 Å². The molecule has 3 nitrogen and oxygen atoms in total. The molecular weight excluding hydrogens is 373 g/mol. The van der Waals surface area contributed by atoms with E-state index in [4.69, 9.17) is 28.2 Å². The second-order valence-electron chi connectivity index (χ2n) is 6.12. The zero-order valence-corrected chi connectivity index (χ0v) is 16.4. The van der Waals surface area contributed by atoms with Crippen LogP contribution in [0.1, 0.15) is 36.8 Å². The first kappa shape index (κ1) is 18.3. The highest BCUT2D eigenvalue weighted by Gasteiger charge is 2.15. The van der Waals surface area contributed by atoms with E-state index in [0.29, 0.717) is 16.0 Å². The first-order chi connectivity index (χ1) is 12.0. The van der Waals surface area contributed by atoms with Crippen molar-refractivity contribution in [2.24, 2.45) is 0 Å². The largest absolute Gasteiger partial charge is 0.345 e. The molecule has 25 heavy (non-hydrogen) atoms. The summed E-state index contributed by atoms with van der Waals surface area (Å²) in [5.41, 5.74) is 2.40. The van der Waals surface area contributed by atoms with Gasteiger partial charge in [0.1, 0.15) is 10.9 Å². The normalized spacial score (nSPS) is 11.2. The standard InChI is InChI=1S/C19H19Cl2N3S/c1-12(2)18-19(25-16-10-14(20)9-15(21)11-16)24-17(23-18)4-3-13-5-7-22-8-6-13/h5-12H,3-4H2,1-2H3,(H,23,24). The van der Waals surface area contributed by atoms with Crippen molar-refractivity contribution < 1.29 is 0 Å². The van der Waals surface area contributed by atoms with Crippen LogP contribution < -0.4 is 0 Å². The Morgan fingerprint density at radius 2 is 1.72 bits per heavy atom. The Labute approximate surface area is 162 Å². The first-order valence-electron chi connectivity index (χ1n) is 8.13. The second kappa shape index (κ2) is 8.26. The van der Waals surface area contributed by atoms with Gasteiger partial charge in [-0.05, 0) is 48.2 Å². The molecule has 0 fully saturated rings. The summed E-state index contributed by atoms with van der Waals surface area (Å²) in [6.07, 6.45) is 5.43. The molecular formula is C19H19Cl2N3S. The van der Waals surface area contributed by atoms with E-state index in [9.17, 15) is 0 Å². The van der Waals surface area contributed by atoms with E-state index in [1.807, 2.05) is 36.7 Å². The van der Waals surface area contributed by atoms with Gasteiger partial charge in [0.15, 0.2) is 0 Å². The van der Waals surface area contributed by atoms with Crippen LogP contribution >= 0.6 is 35.0 Å². The number of aromatic amines is 1. The van der Waals surface area contributed by atoms with E-state index in [1.165, 1.54) is 5.56 Å². The van der Waals surface area contributed by atoms with Crippen molar-refractivity contribution in [2.45, 2.75) is 42.5 Å². The maximum Gasteiger partial charge on any atom is 0.122 e. The summed E-state index contributed by atoms with van der Waals surface area (Å²) in [4.78, 5) is 13.3. The van der Waals surface area contributed by atoms with Crippen LogP contribution in [-0.2, 0) is 12.8 Å². The van der Waals surface area contributed by atoms with Gasteiger partial charge in [0.05, 0.1) is 5.69 Å². The molecule has 0 aliphatic rings. The monoisotopic (exact) mass is 391 g/mol. The molecule has 6 heteroatoms. The smallest absolute Gasteiger partial charge is 0.122 e. The van der Waals surface area contributed by atoms with E-state index in [0.717, 1.165) is 34.3 Å². The lowest BCUT2D eigenvalue weighted by atomic mass is 10.1. The Hall–Kier alpha value is -1.49. The van der Waals surface area contributed by atoms with Gasteiger partial charge in [-0.2, -0.15) is 0 Å². The van der Waals surface area contributed by atoms with Gasteiger partial charge in [0.25, 0.3) is 0 Å². The fourth-order valence-corrected chi connectivity index (χ4v) is 4.32. The number of halogens is 2. The minimum atomic E-state index is 0.360. The molecule has 3 rings (SSSR count). The molecule has 0 radical (unpaired) electrons. The quantitative estimate of drug-likeness (QED) is 0.545. The molecule has 0 amide bonds. The predicted molar refractivity (Wildman–Crippen MR) is 105 cm³/mol. The Morgan fingerprint density at radius 3 is 2.36 bits per heavy atom. The topological polar surface area (TPSA) is 41.6 Å². The van der Waals surface area contributed by atoms with Crippen molar-refractivity contribution in [3.63, 3.8) is 0 Å². The lowest BCUT2D eigenvalue weighted by Gasteiger charge is -2.06. The van der Waals surface area contributed by atoms with Gasteiger partial charge in [-0.3, -0.25) is 4.98 Å². The van der Waals surface area contributed by atoms with Crippen molar-refractivity contribution in [3.8, 4) is 0 Å². The number of nitrogens with one attached hydrogen (secondary N) is 1. The molecule has 0 saturated carbocycles. The number of aryl methyl sites for hydroxylation is 2. The summed E-state index contributed by atoms with van der Waals surface area (Å²) in [6, 6.07) is 9.63. The average Bonchev–Trinajstić information content (AvgIpc) is 2.96. The van der Waals surface area contributed by atoms with Crippen LogP contribution in [-0.4, -0.2) is 15.0 Å². The lowest BCUT2D eigenvalue weighted by Crippen LogP contribution is -1.94. The van der Waals surface area contributed by atoms with Gasteiger partial charge in [0, 0.05) is 33.8 Å². The molecule has 0 spiro atoms. The maximum atomic E-state index is 6.11. The number of rotatable bonds is 6. The third-order valence-corrected chi connectivity index (χ3v) is 5.19. The molecule has 0 atom stereocenters. The number of benzene rings is 1. The van der Waals surface area contributed by atoms with E-state index in [1.54, 1.807) is 17.8 Å². The zero-order valence-electron chi connectivity index (χ0n) is 14.1. The van der Waals surface area contributed by atoms with Crippen LogP contribution in [0, 0.1) is 0 Å². The van der Waals surface area contributed by atoms with E-state index < -0.39 is 0 Å². The number of imidazole rings is 1. The van der Waals surface area contributed by atoms with Crippen LogP contribution in [0.2, 0.25) is 10.0 Å². The van der Waals surface area contributed by atoms with Crippen LogP contribution in [0.4, 0.5) is 0 Å². The predicted octanol–water partition coefficient (Wildman–Crippen LogP) is 6.17. The van der Waals surface area contributed by atoms with Crippen LogP contribution in [0.3, 0.4) is 0 Å². The number of hydrogen-bond acceptors (Lipinski definition) is 3. The number of pyridine rings is 1. The van der Waals surface area contributed by atoms with E-state index in [-0.39, 0.29) is 0 Å². The fourth-order valence-electron chi connectivity index (χ4n) is 2.52. The summed E-state index contributed by atoms with van der Waals surface area (Å²) in [5, 5.41) is 2.25. The van der Waals surface area contributed by atoms with Crippen LogP contribution in [0.25, 0.3) is 0 Å². The molecule has 0 bridgehead atoms. The summed E-state index contributed by atoms with van der Waals surface area (Å²) < 4.78 is 0. The number of hydrogen-bond donors (Lipinski definition) is 1. The average molecular weight is 392 g/mol. The first-order valence-corrected chi connectivity index (χ1v) is 9.70. The van der Waals surface area contributed by atoms with Crippen molar-refractivity contribution in [3.05, 3.63) is 69.9 Å². The molecule has 130 valence electrons. The van der Waals surface area contributed by atoms with Crippen molar-refractivity contribution in [2.75, 3.05) is 0 Å². The van der Waals surface area contributed by atoms with Gasteiger partial charge in [0.2, 0.25) is 0 Å². The van der Waals surface area contributed by atoms with Crippen LogP contribution in [0.15, 0.2) is 52.6 Å². The van der Waals surface area contributed by atoms with Gasteiger partial charge in [-0.15, -0.1) is 0 Å². The highest BCUT2D eigenvalue weighted by atomic mass is 35.5. The van der Waals surface area contributed by atoms with Crippen LogP contribution in [0.5, 0.6) is 0 Å². The Morgan fingerprint density at radius 1 is 1.04 bits per heavy atom. The summed E-state index contributed by atoms with van der Waals surface area (Å²) in [5.74, 6) is 1.36. The Bertz CT molecular complexity index is 827.